The first kappa shape index (κ1) is 22.4. The summed E-state index contributed by atoms with van der Waals surface area (Å²) in [5.74, 6) is -0.867. The van der Waals surface area contributed by atoms with Gasteiger partial charge in [-0.2, -0.15) is 0 Å². The summed E-state index contributed by atoms with van der Waals surface area (Å²) < 4.78 is 15.7. The summed E-state index contributed by atoms with van der Waals surface area (Å²) in [5.41, 5.74) is 2.14. The summed E-state index contributed by atoms with van der Waals surface area (Å²) in [6.45, 7) is 5.06. The Morgan fingerprint density at radius 3 is 2.81 bits per heavy atom. The molecule has 2 N–H and O–H groups in total. The highest BCUT2D eigenvalue weighted by Gasteiger charge is 2.55. The highest BCUT2D eigenvalue weighted by Crippen LogP contribution is 2.49. The number of hydrogen-bond acceptors (Lipinski definition) is 4. The lowest BCUT2D eigenvalue weighted by Gasteiger charge is -2.31. The highest BCUT2D eigenvalue weighted by molar-refractivity contribution is 5.82. The van der Waals surface area contributed by atoms with Crippen molar-refractivity contribution in [2.24, 2.45) is 11.8 Å². The summed E-state index contributed by atoms with van der Waals surface area (Å²) in [4.78, 5) is 28.3. The Bertz CT molecular complexity index is 1080. The first-order valence-electron chi connectivity index (χ1n) is 11.2. The van der Waals surface area contributed by atoms with Crippen LogP contribution in [0.2, 0.25) is 0 Å². The van der Waals surface area contributed by atoms with Crippen molar-refractivity contribution in [1.82, 2.24) is 14.8 Å². The van der Waals surface area contributed by atoms with Gasteiger partial charge in [0.15, 0.2) is 0 Å². The normalized spacial score (nSPS) is 24.6. The molecule has 2 aromatic rings. The minimum absolute atomic E-state index is 0.0654. The van der Waals surface area contributed by atoms with Gasteiger partial charge in [0.05, 0.1) is 12.1 Å². The molecule has 0 radical (unpaired) electrons. The molecular formula is C25H30FN3O3. The molecular weight excluding hydrogens is 409 g/mol. The van der Waals surface area contributed by atoms with Crippen LogP contribution in [-0.2, 0) is 17.9 Å². The number of nitrogens with zero attached hydrogens (tertiary/aromatic N) is 2. The number of halogens is 1. The van der Waals surface area contributed by atoms with E-state index >= 15 is 0 Å². The van der Waals surface area contributed by atoms with Gasteiger partial charge in [0.25, 0.3) is 5.56 Å². The van der Waals surface area contributed by atoms with E-state index < -0.39 is 6.04 Å². The zero-order valence-electron chi connectivity index (χ0n) is 18.5. The van der Waals surface area contributed by atoms with Crippen LogP contribution >= 0.6 is 0 Å². The Hall–Kier alpha value is -2.77. The van der Waals surface area contributed by atoms with Crippen LogP contribution in [-0.4, -0.2) is 39.7 Å². The van der Waals surface area contributed by atoms with Crippen LogP contribution in [0.4, 0.5) is 4.39 Å². The largest absolute Gasteiger partial charge is 0.396 e. The van der Waals surface area contributed by atoms with E-state index in [4.69, 9.17) is 0 Å². The number of hydrogen-bond donors (Lipinski definition) is 2. The third-order valence-corrected chi connectivity index (χ3v) is 6.64. The second kappa shape index (κ2) is 9.38. The summed E-state index contributed by atoms with van der Waals surface area (Å²) in [7, 11) is 0. The number of aromatic nitrogens is 1. The molecule has 0 bridgehead atoms. The fraction of sp³-hybridized carbons (Fsp3) is 0.440. The number of fused-ring (bicyclic) bond motifs is 3. The molecule has 1 saturated heterocycles. The molecule has 4 atom stereocenters. The van der Waals surface area contributed by atoms with E-state index in [2.05, 4.69) is 5.32 Å². The Balaban J connectivity index is 1.78. The van der Waals surface area contributed by atoms with E-state index in [1.165, 1.54) is 12.1 Å². The number of allylic oxidation sites excluding steroid dienone is 1. The third-order valence-electron chi connectivity index (χ3n) is 6.64. The van der Waals surface area contributed by atoms with E-state index in [1.54, 1.807) is 16.7 Å². The zero-order valence-corrected chi connectivity index (χ0v) is 18.5. The molecule has 4 rings (SSSR count). The minimum Gasteiger partial charge on any atom is -0.396 e. The number of rotatable bonds is 7. The number of aliphatic hydroxyl groups excluding tert-OH is 1. The number of benzene rings is 1. The summed E-state index contributed by atoms with van der Waals surface area (Å²) in [5, 5.41) is 13.3. The van der Waals surface area contributed by atoms with Gasteiger partial charge in [0.1, 0.15) is 5.82 Å². The van der Waals surface area contributed by atoms with Crippen LogP contribution in [0.15, 0.2) is 47.3 Å². The van der Waals surface area contributed by atoms with Gasteiger partial charge in [-0.3, -0.25) is 14.5 Å². The van der Waals surface area contributed by atoms with Crippen LogP contribution in [0.25, 0.3) is 6.08 Å². The van der Waals surface area contributed by atoms with Crippen molar-refractivity contribution >= 4 is 12.0 Å². The van der Waals surface area contributed by atoms with Crippen LogP contribution in [0.3, 0.4) is 0 Å². The predicted molar refractivity (Wildman–Crippen MR) is 121 cm³/mol. The molecule has 1 aromatic carbocycles. The van der Waals surface area contributed by atoms with E-state index in [0.717, 1.165) is 17.7 Å². The maximum absolute atomic E-state index is 13.9. The Morgan fingerprint density at radius 1 is 1.31 bits per heavy atom. The minimum atomic E-state index is -0.552. The Kier molecular flexibility index (Phi) is 6.58. The van der Waals surface area contributed by atoms with E-state index in [9.17, 15) is 19.1 Å². The molecule has 0 aliphatic carbocycles. The van der Waals surface area contributed by atoms with Crippen molar-refractivity contribution in [2.45, 2.75) is 45.4 Å². The van der Waals surface area contributed by atoms with Crippen molar-refractivity contribution in [3.05, 3.63) is 75.5 Å². The standard InChI is InChI=1S/C25H30FN3O3/c1-3-6-17-9-10-21-22-19(14-28(21)25(17)32)20(15-30)23(24(31)27-11-4-2)29(22)13-16-7-5-8-18(26)12-16/h3,5-10,12,19-20,22-23,30H,4,11,13-15H2,1-2H3,(H,27,31)/b6-3-/t19-,20-,22+,23-/m0/s1. The topological polar surface area (TPSA) is 74.6 Å². The van der Waals surface area contributed by atoms with E-state index in [0.29, 0.717) is 25.2 Å². The molecule has 0 spiro atoms. The Morgan fingerprint density at radius 2 is 2.12 bits per heavy atom. The molecule has 3 heterocycles. The first-order valence-corrected chi connectivity index (χ1v) is 11.2. The molecule has 32 heavy (non-hydrogen) atoms. The van der Waals surface area contributed by atoms with Crippen molar-refractivity contribution < 1.29 is 14.3 Å². The van der Waals surface area contributed by atoms with Gasteiger partial charge in [-0.1, -0.05) is 31.2 Å². The van der Waals surface area contributed by atoms with Gasteiger partial charge < -0.3 is 15.0 Å². The third kappa shape index (κ3) is 3.91. The fourth-order valence-electron chi connectivity index (χ4n) is 5.31. The van der Waals surface area contributed by atoms with Crippen molar-refractivity contribution in [1.29, 1.82) is 0 Å². The van der Waals surface area contributed by atoms with Crippen LogP contribution in [0, 0.1) is 17.7 Å². The molecule has 0 unspecified atom stereocenters. The van der Waals surface area contributed by atoms with Gasteiger partial charge in [0.2, 0.25) is 5.91 Å². The van der Waals surface area contributed by atoms with Gasteiger partial charge in [-0.15, -0.1) is 0 Å². The lowest BCUT2D eigenvalue weighted by atomic mass is 9.88. The monoisotopic (exact) mass is 439 g/mol. The first-order chi connectivity index (χ1) is 15.5. The second-order valence-corrected chi connectivity index (χ2v) is 8.62. The van der Waals surface area contributed by atoms with Gasteiger partial charge in [0, 0.05) is 49.3 Å². The number of carbonyl (C=O) groups excluding carboxylic acids is 1. The molecule has 2 aliphatic rings. The van der Waals surface area contributed by atoms with E-state index in [1.807, 2.05) is 43.0 Å². The molecule has 0 saturated carbocycles. The Labute approximate surface area is 187 Å². The fourth-order valence-corrected chi connectivity index (χ4v) is 5.31. The maximum Gasteiger partial charge on any atom is 0.258 e. The number of aliphatic hydroxyl groups is 1. The molecule has 1 fully saturated rings. The van der Waals surface area contributed by atoms with E-state index in [-0.39, 0.29) is 41.8 Å². The molecule has 7 heteroatoms. The maximum atomic E-state index is 13.9. The van der Waals surface area contributed by atoms with Crippen molar-refractivity contribution in [2.75, 3.05) is 13.2 Å². The lowest BCUT2D eigenvalue weighted by molar-refractivity contribution is -0.128. The number of nitrogens with one attached hydrogen (secondary N) is 1. The number of amides is 1. The number of carbonyl (C=O) groups is 1. The number of likely N-dealkylation sites (tertiary alicyclic amines) is 1. The SMILES string of the molecule is C/C=C\c1ccc2n(c1=O)C[C@H]1[C@H](CO)[C@@H](C(=O)NCCC)N(Cc3cccc(F)c3)[C@@H]21. The molecule has 170 valence electrons. The molecule has 1 amide bonds. The lowest BCUT2D eigenvalue weighted by Crippen LogP contribution is -2.48. The highest BCUT2D eigenvalue weighted by atomic mass is 19.1. The van der Waals surface area contributed by atoms with Crippen LogP contribution in [0.1, 0.15) is 43.1 Å². The number of pyridine rings is 1. The predicted octanol–water partition coefficient (Wildman–Crippen LogP) is 2.71. The van der Waals surface area contributed by atoms with Crippen LogP contribution in [0.5, 0.6) is 0 Å². The van der Waals surface area contributed by atoms with Crippen LogP contribution < -0.4 is 10.9 Å². The summed E-state index contributed by atoms with van der Waals surface area (Å²) in [6.07, 6.45) is 4.43. The van der Waals surface area contributed by atoms with Crippen molar-refractivity contribution in [3.8, 4) is 0 Å². The van der Waals surface area contributed by atoms with Crippen molar-refractivity contribution in [3.63, 3.8) is 0 Å². The zero-order chi connectivity index (χ0) is 22.8. The van der Waals surface area contributed by atoms with Gasteiger partial charge in [-0.05, 0) is 43.2 Å². The molecule has 6 nitrogen and oxygen atoms in total. The smallest absolute Gasteiger partial charge is 0.258 e. The van der Waals surface area contributed by atoms with Gasteiger partial charge in [-0.25, -0.2) is 4.39 Å². The second-order valence-electron chi connectivity index (χ2n) is 8.62. The quantitative estimate of drug-likeness (QED) is 0.696. The van der Waals surface area contributed by atoms with Gasteiger partial charge >= 0.3 is 0 Å². The average molecular weight is 440 g/mol. The summed E-state index contributed by atoms with van der Waals surface area (Å²) in [6, 6.07) is 9.36. The molecule has 2 aliphatic heterocycles. The molecule has 1 aromatic heterocycles. The summed E-state index contributed by atoms with van der Waals surface area (Å²) >= 11 is 0. The average Bonchev–Trinajstić information content (AvgIpc) is 3.29.